The molecule has 2 atom stereocenters. The van der Waals surface area contributed by atoms with Crippen LogP contribution in [0.4, 0.5) is 0 Å². The topological polar surface area (TPSA) is 49.3 Å². The van der Waals surface area contributed by atoms with E-state index in [9.17, 15) is 9.90 Å². The Morgan fingerprint density at radius 3 is 1.88 bits per heavy atom. The van der Waals surface area contributed by atoms with E-state index in [1.165, 1.54) is 24.0 Å². The summed E-state index contributed by atoms with van der Waals surface area (Å²) in [4.78, 5) is 11.2. The molecule has 2 aromatic rings. The fourth-order valence-electron chi connectivity index (χ4n) is 5.17. The van der Waals surface area contributed by atoms with E-state index in [1.54, 1.807) is 0 Å². The number of aliphatic carboxylic acids is 1. The lowest BCUT2D eigenvalue weighted by molar-refractivity contribution is -0.139. The molecule has 0 spiro atoms. The molecule has 3 heteroatoms. The first-order valence-corrected chi connectivity index (χ1v) is 9.76. The Morgan fingerprint density at radius 1 is 0.885 bits per heavy atom. The number of nitrogens with one attached hydrogen (secondary N) is 1. The Bertz CT molecular complexity index is 694. The van der Waals surface area contributed by atoms with E-state index in [0.717, 1.165) is 25.8 Å². The molecule has 2 aliphatic rings. The van der Waals surface area contributed by atoms with Gasteiger partial charge in [-0.3, -0.25) is 4.79 Å². The Balaban J connectivity index is 1.55. The van der Waals surface area contributed by atoms with Crippen molar-refractivity contribution in [2.24, 2.45) is 11.8 Å². The Labute approximate surface area is 155 Å². The van der Waals surface area contributed by atoms with Gasteiger partial charge in [0.15, 0.2) is 0 Å². The van der Waals surface area contributed by atoms with E-state index in [0.29, 0.717) is 11.8 Å². The van der Waals surface area contributed by atoms with Crippen LogP contribution in [0.3, 0.4) is 0 Å². The highest BCUT2D eigenvalue weighted by atomic mass is 16.4. The van der Waals surface area contributed by atoms with Gasteiger partial charge in [-0.25, -0.2) is 0 Å². The normalized spacial score (nSPS) is 25.8. The van der Waals surface area contributed by atoms with E-state index >= 15 is 0 Å². The van der Waals surface area contributed by atoms with Crippen molar-refractivity contribution >= 4 is 5.97 Å². The second-order valence-corrected chi connectivity index (χ2v) is 7.95. The molecule has 0 unspecified atom stereocenters. The zero-order valence-corrected chi connectivity index (χ0v) is 15.1. The van der Waals surface area contributed by atoms with Gasteiger partial charge in [0.2, 0.25) is 0 Å². The van der Waals surface area contributed by atoms with Gasteiger partial charge >= 0.3 is 5.97 Å². The van der Waals surface area contributed by atoms with Gasteiger partial charge in [-0.05, 0) is 61.6 Å². The van der Waals surface area contributed by atoms with Crippen molar-refractivity contribution in [3.63, 3.8) is 0 Å². The predicted octanol–water partition coefficient (Wildman–Crippen LogP) is 4.23. The lowest BCUT2D eigenvalue weighted by atomic mass is 9.61. The Morgan fingerprint density at radius 2 is 1.42 bits per heavy atom. The molecule has 2 aromatic carbocycles. The van der Waals surface area contributed by atoms with Gasteiger partial charge in [0.1, 0.15) is 6.04 Å². The predicted molar refractivity (Wildman–Crippen MR) is 103 cm³/mol. The summed E-state index contributed by atoms with van der Waals surface area (Å²) in [6.45, 7) is 0.852. The zero-order chi connectivity index (χ0) is 18.0. The van der Waals surface area contributed by atoms with Gasteiger partial charge in [0.25, 0.3) is 0 Å². The van der Waals surface area contributed by atoms with Crippen molar-refractivity contribution in [3.8, 4) is 0 Å². The summed E-state index contributed by atoms with van der Waals surface area (Å²) in [6.07, 6.45) is 5.40. The molecule has 1 heterocycles. The maximum absolute atomic E-state index is 11.2. The first kappa shape index (κ1) is 17.3. The average Bonchev–Trinajstić information content (AvgIpc) is 3.20. The van der Waals surface area contributed by atoms with Gasteiger partial charge < -0.3 is 10.4 Å². The fraction of sp³-hybridized carbons (Fsp3) is 0.435. The summed E-state index contributed by atoms with van der Waals surface area (Å²) < 4.78 is 0. The van der Waals surface area contributed by atoms with Gasteiger partial charge in [-0.2, -0.15) is 0 Å². The van der Waals surface area contributed by atoms with Gasteiger partial charge in [0, 0.05) is 5.41 Å². The summed E-state index contributed by atoms with van der Waals surface area (Å²) in [6, 6.07) is 21.5. The molecule has 1 saturated heterocycles. The van der Waals surface area contributed by atoms with Crippen LogP contribution in [0.15, 0.2) is 60.7 Å². The number of hydrogen-bond donors (Lipinski definition) is 2. The second kappa shape index (κ2) is 7.24. The van der Waals surface area contributed by atoms with Crippen molar-refractivity contribution in [2.45, 2.75) is 43.6 Å². The molecule has 4 rings (SSSR count). The molecule has 0 radical (unpaired) electrons. The van der Waals surface area contributed by atoms with Gasteiger partial charge in [-0.15, -0.1) is 0 Å². The highest BCUT2D eigenvalue weighted by Gasteiger charge is 2.42. The van der Waals surface area contributed by atoms with Crippen LogP contribution in [0.1, 0.15) is 43.2 Å². The molecule has 1 aliphatic heterocycles. The quantitative estimate of drug-likeness (QED) is 0.869. The van der Waals surface area contributed by atoms with Gasteiger partial charge in [0.05, 0.1) is 0 Å². The number of rotatable bonds is 4. The van der Waals surface area contributed by atoms with Crippen molar-refractivity contribution in [2.75, 3.05) is 6.54 Å². The van der Waals surface area contributed by atoms with Crippen molar-refractivity contribution in [3.05, 3.63) is 71.8 Å². The number of carbonyl (C=O) groups is 1. The van der Waals surface area contributed by atoms with Crippen LogP contribution < -0.4 is 5.32 Å². The fourth-order valence-corrected chi connectivity index (χ4v) is 5.17. The van der Waals surface area contributed by atoms with E-state index in [2.05, 4.69) is 66.0 Å². The van der Waals surface area contributed by atoms with Crippen molar-refractivity contribution in [1.82, 2.24) is 5.32 Å². The number of carboxylic acids is 1. The van der Waals surface area contributed by atoms with E-state index < -0.39 is 5.97 Å². The number of hydrogen-bond acceptors (Lipinski definition) is 2. The molecule has 26 heavy (non-hydrogen) atoms. The molecule has 1 saturated carbocycles. The monoisotopic (exact) mass is 349 g/mol. The van der Waals surface area contributed by atoms with E-state index in [4.69, 9.17) is 0 Å². The first-order chi connectivity index (χ1) is 12.7. The maximum atomic E-state index is 11.2. The van der Waals surface area contributed by atoms with Gasteiger partial charge in [-0.1, -0.05) is 60.7 Å². The number of benzene rings is 2. The van der Waals surface area contributed by atoms with Crippen LogP contribution in [0.2, 0.25) is 0 Å². The molecule has 1 aliphatic carbocycles. The third-order valence-electron chi connectivity index (χ3n) is 6.67. The summed E-state index contributed by atoms with van der Waals surface area (Å²) in [5, 5.41) is 12.4. The van der Waals surface area contributed by atoms with Crippen molar-refractivity contribution in [1.29, 1.82) is 0 Å². The molecule has 3 nitrogen and oxygen atoms in total. The molecular formula is C23H27NO2. The Kier molecular flexibility index (Phi) is 4.82. The lowest BCUT2D eigenvalue weighted by Crippen LogP contribution is -2.35. The van der Waals surface area contributed by atoms with Crippen LogP contribution in [0, 0.1) is 11.8 Å². The first-order valence-electron chi connectivity index (χ1n) is 9.76. The molecule has 136 valence electrons. The molecule has 0 bridgehead atoms. The third kappa shape index (κ3) is 3.16. The second-order valence-electron chi connectivity index (χ2n) is 7.95. The third-order valence-corrected chi connectivity index (χ3v) is 6.67. The molecule has 2 fully saturated rings. The zero-order valence-electron chi connectivity index (χ0n) is 15.1. The maximum Gasteiger partial charge on any atom is 0.320 e. The van der Waals surface area contributed by atoms with Crippen LogP contribution in [-0.2, 0) is 10.2 Å². The SMILES string of the molecule is O=C(O)[C@@H]1C[C@H](C2CCC(c3ccccc3)(c3ccccc3)CC2)CN1. The summed E-state index contributed by atoms with van der Waals surface area (Å²) in [5.74, 6) is 0.430. The number of carboxylic acid groups (broad SMARTS) is 1. The largest absolute Gasteiger partial charge is 0.480 e. The Hall–Kier alpha value is -2.13. The molecule has 2 N–H and O–H groups in total. The van der Waals surface area contributed by atoms with Crippen LogP contribution in [0.25, 0.3) is 0 Å². The van der Waals surface area contributed by atoms with Crippen molar-refractivity contribution < 1.29 is 9.90 Å². The minimum absolute atomic E-state index is 0.0945. The molecule has 0 amide bonds. The standard InChI is InChI=1S/C23H27NO2/c25-22(26)21-15-18(16-24-21)17-11-13-23(14-12-17,19-7-3-1-4-8-19)20-9-5-2-6-10-20/h1-10,17-18,21,24H,11-16H2,(H,25,26)/t18-,21-/m0/s1. The summed E-state index contributed by atoms with van der Waals surface area (Å²) in [5.41, 5.74) is 2.92. The average molecular weight is 349 g/mol. The van der Waals surface area contributed by atoms with E-state index in [1.807, 2.05) is 0 Å². The molecular weight excluding hydrogens is 322 g/mol. The van der Waals surface area contributed by atoms with Crippen LogP contribution in [-0.4, -0.2) is 23.7 Å². The minimum Gasteiger partial charge on any atom is -0.480 e. The highest BCUT2D eigenvalue weighted by molar-refractivity contribution is 5.73. The smallest absolute Gasteiger partial charge is 0.320 e. The molecule has 0 aromatic heterocycles. The lowest BCUT2D eigenvalue weighted by Gasteiger charge is -2.43. The summed E-state index contributed by atoms with van der Waals surface area (Å²) >= 11 is 0. The van der Waals surface area contributed by atoms with E-state index in [-0.39, 0.29) is 11.5 Å². The van der Waals surface area contributed by atoms with Crippen LogP contribution >= 0.6 is 0 Å². The van der Waals surface area contributed by atoms with Crippen LogP contribution in [0.5, 0.6) is 0 Å². The minimum atomic E-state index is -0.703. The summed E-state index contributed by atoms with van der Waals surface area (Å²) in [7, 11) is 0. The highest BCUT2D eigenvalue weighted by Crippen LogP contribution is 2.48.